The lowest BCUT2D eigenvalue weighted by atomic mass is 10.1. The van der Waals surface area contributed by atoms with Gasteiger partial charge >= 0.3 is 0 Å². The highest BCUT2D eigenvalue weighted by Crippen LogP contribution is 2.18. The summed E-state index contributed by atoms with van der Waals surface area (Å²) < 4.78 is 0. The molecular formula is C15H24ClNS. The van der Waals surface area contributed by atoms with Crippen LogP contribution in [-0.2, 0) is 6.42 Å². The van der Waals surface area contributed by atoms with Crippen LogP contribution >= 0.6 is 23.4 Å². The fourth-order valence-corrected chi connectivity index (χ4v) is 3.03. The van der Waals surface area contributed by atoms with E-state index in [9.17, 15) is 0 Å². The van der Waals surface area contributed by atoms with E-state index in [1.54, 1.807) is 0 Å². The lowest BCUT2D eigenvalue weighted by Crippen LogP contribution is -2.34. The van der Waals surface area contributed by atoms with E-state index in [1.807, 2.05) is 23.9 Å². The van der Waals surface area contributed by atoms with Gasteiger partial charge in [-0.1, -0.05) is 43.6 Å². The van der Waals surface area contributed by atoms with E-state index < -0.39 is 0 Å². The summed E-state index contributed by atoms with van der Waals surface area (Å²) >= 11 is 8.26. The maximum absolute atomic E-state index is 6.23. The van der Waals surface area contributed by atoms with Crippen molar-refractivity contribution in [2.24, 2.45) is 0 Å². The molecule has 1 atom stereocenters. The molecule has 0 amide bonds. The molecule has 1 aromatic rings. The lowest BCUT2D eigenvalue weighted by Gasteiger charge is -2.19. The van der Waals surface area contributed by atoms with Crippen molar-refractivity contribution in [2.75, 3.05) is 18.1 Å². The molecule has 0 heterocycles. The minimum atomic E-state index is 0.529. The summed E-state index contributed by atoms with van der Waals surface area (Å²) in [5.74, 6) is 2.41. The molecule has 0 aliphatic rings. The average molecular weight is 286 g/mol. The first-order valence-corrected chi connectivity index (χ1v) is 8.35. The van der Waals surface area contributed by atoms with Crippen molar-refractivity contribution in [3.8, 4) is 0 Å². The molecule has 0 bridgehead atoms. The second kappa shape index (κ2) is 9.71. The quantitative estimate of drug-likeness (QED) is 0.675. The van der Waals surface area contributed by atoms with Crippen molar-refractivity contribution >= 4 is 23.4 Å². The Balaban J connectivity index is 2.51. The van der Waals surface area contributed by atoms with Crippen LogP contribution in [0.3, 0.4) is 0 Å². The van der Waals surface area contributed by atoms with Crippen molar-refractivity contribution in [3.63, 3.8) is 0 Å². The highest BCUT2D eigenvalue weighted by molar-refractivity contribution is 7.99. The predicted octanol–water partition coefficient (Wildman–Crippen LogP) is 4.39. The van der Waals surface area contributed by atoms with Gasteiger partial charge in [0.2, 0.25) is 0 Å². The molecule has 0 saturated heterocycles. The molecular weight excluding hydrogens is 262 g/mol. The summed E-state index contributed by atoms with van der Waals surface area (Å²) in [4.78, 5) is 0. The van der Waals surface area contributed by atoms with Crippen molar-refractivity contribution in [3.05, 3.63) is 34.9 Å². The van der Waals surface area contributed by atoms with Gasteiger partial charge < -0.3 is 5.32 Å². The van der Waals surface area contributed by atoms with Gasteiger partial charge in [-0.25, -0.2) is 0 Å². The fourth-order valence-electron chi connectivity index (χ4n) is 1.84. The normalized spacial score (nSPS) is 12.6. The number of hydrogen-bond acceptors (Lipinski definition) is 2. The Labute approximate surface area is 121 Å². The summed E-state index contributed by atoms with van der Waals surface area (Å²) in [6.07, 6.45) is 3.45. The molecule has 0 aromatic heterocycles. The third-order valence-corrected chi connectivity index (χ3v) is 4.48. The first kappa shape index (κ1) is 15.9. The third-order valence-electron chi connectivity index (χ3n) is 2.77. The summed E-state index contributed by atoms with van der Waals surface area (Å²) in [5, 5.41) is 4.51. The Morgan fingerprint density at radius 2 is 2.00 bits per heavy atom. The molecule has 0 saturated carbocycles. The Kier molecular flexibility index (Phi) is 8.57. The number of hydrogen-bond donors (Lipinski definition) is 1. The molecule has 0 radical (unpaired) electrons. The van der Waals surface area contributed by atoms with Crippen LogP contribution < -0.4 is 5.32 Å². The van der Waals surface area contributed by atoms with Crippen molar-refractivity contribution < 1.29 is 0 Å². The van der Waals surface area contributed by atoms with E-state index in [1.165, 1.54) is 29.9 Å². The average Bonchev–Trinajstić information content (AvgIpc) is 2.38. The van der Waals surface area contributed by atoms with Gasteiger partial charge in [0.05, 0.1) is 0 Å². The van der Waals surface area contributed by atoms with E-state index in [2.05, 4.69) is 31.3 Å². The maximum atomic E-state index is 6.23. The monoisotopic (exact) mass is 285 g/mol. The fraction of sp³-hybridized carbons (Fsp3) is 0.600. The van der Waals surface area contributed by atoms with Crippen molar-refractivity contribution in [1.82, 2.24) is 5.32 Å². The molecule has 102 valence electrons. The van der Waals surface area contributed by atoms with E-state index in [4.69, 9.17) is 11.6 Å². The van der Waals surface area contributed by atoms with Gasteiger partial charge in [0.25, 0.3) is 0 Å². The lowest BCUT2D eigenvalue weighted by molar-refractivity contribution is 0.550. The van der Waals surface area contributed by atoms with Crippen LogP contribution in [0.1, 0.15) is 32.3 Å². The molecule has 3 heteroatoms. The Morgan fingerprint density at radius 1 is 1.22 bits per heavy atom. The molecule has 0 aliphatic carbocycles. The highest BCUT2D eigenvalue weighted by Gasteiger charge is 2.10. The molecule has 1 N–H and O–H groups in total. The second-order valence-electron chi connectivity index (χ2n) is 4.52. The number of nitrogens with one attached hydrogen (secondary N) is 1. The van der Waals surface area contributed by atoms with Gasteiger partial charge in [-0.15, -0.1) is 0 Å². The zero-order chi connectivity index (χ0) is 13.2. The smallest absolute Gasteiger partial charge is 0.0438 e. The molecule has 18 heavy (non-hydrogen) atoms. The number of halogens is 1. The minimum Gasteiger partial charge on any atom is -0.313 e. The molecule has 0 aliphatic heterocycles. The first-order chi connectivity index (χ1) is 8.77. The SMILES string of the molecule is CCCNC(CSCCC)Cc1ccccc1Cl. The Morgan fingerprint density at radius 3 is 2.67 bits per heavy atom. The van der Waals surface area contributed by atoms with E-state index in [-0.39, 0.29) is 0 Å². The predicted molar refractivity (Wildman–Crippen MR) is 84.9 cm³/mol. The van der Waals surface area contributed by atoms with Crippen molar-refractivity contribution in [2.45, 2.75) is 39.2 Å². The minimum absolute atomic E-state index is 0.529. The van der Waals surface area contributed by atoms with E-state index in [0.29, 0.717) is 6.04 Å². The van der Waals surface area contributed by atoms with Crippen LogP contribution in [0.4, 0.5) is 0 Å². The number of rotatable bonds is 9. The molecule has 0 fully saturated rings. The summed E-state index contributed by atoms with van der Waals surface area (Å²) in [7, 11) is 0. The molecule has 1 aromatic carbocycles. The maximum Gasteiger partial charge on any atom is 0.0438 e. The van der Waals surface area contributed by atoms with Gasteiger partial charge in [-0.3, -0.25) is 0 Å². The van der Waals surface area contributed by atoms with Crippen LogP contribution in [0.2, 0.25) is 5.02 Å². The number of thioether (sulfide) groups is 1. The number of benzene rings is 1. The van der Waals surface area contributed by atoms with Gasteiger partial charge in [-0.2, -0.15) is 11.8 Å². The van der Waals surface area contributed by atoms with Gasteiger partial charge in [-0.05, 0) is 43.2 Å². The van der Waals surface area contributed by atoms with Crippen LogP contribution in [0.15, 0.2) is 24.3 Å². The van der Waals surface area contributed by atoms with Crippen LogP contribution in [-0.4, -0.2) is 24.1 Å². The first-order valence-electron chi connectivity index (χ1n) is 6.82. The zero-order valence-corrected chi connectivity index (χ0v) is 13.0. The van der Waals surface area contributed by atoms with Gasteiger partial charge in [0.15, 0.2) is 0 Å². The summed E-state index contributed by atoms with van der Waals surface area (Å²) in [6.45, 7) is 5.52. The molecule has 1 rings (SSSR count). The topological polar surface area (TPSA) is 12.0 Å². The van der Waals surface area contributed by atoms with E-state index >= 15 is 0 Å². The van der Waals surface area contributed by atoms with Crippen LogP contribution in [0, 0.1) is 0 Å². The standard InChI is InChI=1S/C15H24ClNS/c1-3-9-17-14(12-18-10-4-2)11-13-7-5-6-8-15(13)16/h5-8,14,17H,3-4,9-12H2,1-2H3. The van der Waals surface area contributed by atoms with Crippen LogP contribution in [0.25, 0.3) is 0 Å². The van der Waals surface area contributed by atoms with Crippen LogP contribution in [0.5, 0.6) is 0 Å². The highest BCUT2D eigenvalue weighted by atomic mass is 35.5. The van der Waals surface area contributed by atoms with Crippen molar-refractivity contribution in [1.29, 1.82) is 0 Å². The summed E-state index contributed by atoms with van der Waals surface area (Å²) in [5.41, 5.74) is 1.25. The molecule has 1 nitrogen and oxygen atoms in total. The largest absolute Gasteiger partial charge is 0.313 e. The molecule has 1 unspecified atom stereocenters. The van der Waals surface area contributed by atoms with E-state index in [0.717, 1.165) is 18.0 Å². The third kappa shape index (κ3) is 6.12. The second-order valence-corrected chi connectivity index (χ2v) is 6.08. The summed E-state index contributed by atoms with van der Waals surface area (Å²) in [6, 6.07) is 8.70. The molecule has 0 spiro atoms. The Bertz CT molecular complexity index is 330. The zero-order valence-electron chi connectivity index (χ0n) is 11.4. The van der Waals surface area contributed by atoms with Gasteiger partial charge in [0.1, 0.15) is 0 Å². The van der Waals surface area contributed by atoms with Gasteiger partial charge in [0, 0.05) is 16.8 Å². The Hall–Kier alpha value is -0.180.